The van der Waals surface area contributed by atoms with E-state index in [1.165, 1.54) is 0 Å². The smallest absolute Gasteiger partial charge is 0.248 e. The van der Waals surface area contributed by atoms with Gasteiger partial charge in [0.25, 0.3) is 0 Å². The molecule has 3 N–H and O–H groups in total. The molecule has 3 amide bonds. The number of amides is 3. The second-order valence-electron chi connectivity index (χ2n) is 11.1. The van der Waals surface area contributed by atoms with Gasteiger partial charge in [0.05, 0.1) is 42.9 Å². The highest BCUT2D eigenvalue weighted by atomic mass is 32.2. The molecule has 3 saturated heterocycles. The molecule has 2 bridgehead atoms. The van der Waals surface area contributed by atoms with Crippen LogP contribution in [0.4, 0.5) is 11.4 Å². The molecule has 41 heavy (non-hydrogen) atoms. The van der Waals surface area contributed by atoms with Crippen molar-refractivity contribution in [3.05, 3.63) is 48.5 Å². The molecule has 3 fully saturated rings. The van der Waals surface area contributed by atoms with E-state index in [1.54, 1.807) is 72.3 Å². The predicted molar refractivity (Wildman–Crippen MR) is 159 cm³/mol. The molecule has 9 nitrogen and oxygen atoms in total. The van der Waals surface area contributed by atoms with Crippen LogP contribution in [0.15, 0.2) is 48.5 Å². The van der Waals surface area contributed by atoms with Crippen molar-refractivity contribution in [2.75, 3.05) is 31.0 Å². The fourth-order valence-corrected chi connectivity index (χ4v) is 8.98. The number of benzene rings is 2. The lowest BCUT2D eigenvalue weighted by Gasteiger charge is -2.39. The van der Waals surface area contributed by atoms with Crippen LogP contribution in [-0.4, -0.2) is 70.1 Å². The van der Waals surface area contributed by atoms with E-state index < -0.39 is 28.7 Å². The summed E-state index contributed by atoms with van der Waals surface area (Å²) in [7, 11) is 1.58. The molecule has 2 aromatic rings. The van der Waals surface area contributed by atoms with Crippen LogP contribution in [0.5, 0.6) is 11.5 Å². The number of rotatable bonds is 11. The number of aliphatic hydroxyl groups is 1. The van der Waals surface area contributed by atoms with Gasteiger partial charge in [0.2, 0.25) is 17.7 Å². The fraction of sp³-hybridized carbons (Fsp3) is 0.516. The number of carbonyl (C=O) groups is 3. The van der Waals surface area contributed by atoms with Crippen LogP contribution < -0.4 is 20.1 Å². The Morgan fingerprint density at radius 2 is 1.66 bits per heavy atom. The Balaban J connectivity index is 1.46. The third-order valence-electron chi connectivity index (χ3n) is 8.92. The van der Waals surface area contributed by atoms with Crippen molar-refractivity contribution >= 4 is 40.9 Å². The number of carbonyl (C=O) groups excluding carboxylic acids is 3. The molecule has 1 spiro atoms. The summed E-state index contributed by atoms with van der Waals surface area (Å²) in [5, 5.41) is 16.4. The Hall–Kier alpha value is -3.24. The van der Waals surface area contributed by atoms with E-state index >= 15 is 0 Å². The first kappa shape index (κ1) is 29.3. The van der Waals surface area contributed by atoms with Crippen LogP contribution in [0.3, 0.4) is 0 Å². The lowest BCUT2D eigenvalue weighted by atomic mass is 9.70. The highest BCUT2D eigenvalue weighted by Crippen LogP contribution is 2.67. The third kappa shape index (κ3) is 5.16. The fourth-order valence-electron chi connectivity index (χ4n) is 6.77. The average molecular weight is 582 g/mol. The Kier molecular flexibility index (Phi) is 8.52. The topological polar surface area (TPSA) is 117 Å². The number of nitrogens with zero attached hydrogens (tertiary/aromatic N) is 1. The van der Waals surface area contributed by atoms with Crippen molar-refractivity contribution < 1.29 is 29.0 Å². The van der Waals surface area contributed by atoms with Crippen molar-refractivity contribution in [2.45, 2.75) is 62.1 Å². The Labute approximate surface area is 245 Å². The zero-order valence-electron chi connectivity index (χ0n) is 24.0. The van der Waals surface area contributed by atoms with Crippen LogP contribution in [0.2, 0.25) is 0 Å². The molecule has 5 rings (SSSR count). The molecule has 0 aliphatic carbocycles. The maximum Gasteiger partial charge on any atom is 0.248 e. The van der Waals surface area contributed by atoms with E-state index in [-0.39, 0.29) is 35.5 Å². The van der Waals surface area contributed by atoms with E-state index in [2.05, 4.69) is 10.6 Å². The standard InChI is InChI=1S/C31H39N3O6S/c1-5-18(3)23(17-35)34-27(29(37)33-20-7-11-21(39-4)12-8-20)31-16-15-24(41-31)25(26(31)30(34)38)28(36)32-19-9-13-22(14-10-19)40-6-2/h7-14,18,23-27,35H,5-6,15-17H2,1-4H3,(H,32,36)(H,33,37)/t18-,23-,24-,25+,26-,27?,31?/m0/s1. The molecule has 2 unspecified atom stereocenters. The molecule has 3 heterocycles. The van der Waals surface area contributed by atoms with Crippen LogP contribution in [0.1, 0.15) is 40.0 Å². The number of nitrogens with one attached hydrogen (secondary N) is 2. The van der Waals surface area contributed by atoms with Gasteiger partial charge in [0.15, 0.2) is 0 Å². The van der Waals surface area contributed by atoms with Crippen molar-refractivity contribution in [1.29, 1.82) is 0 Å². The second-order valence-corrected chi connectivity index (χ2v) is 12.7. The minimum atomic E-state index is -0.813. The molecule has 220 valence electrons. The van der Waals surface area contributed by atoms with Crippen LogP contribution >= 0.6 is 11.8 Å². The van der Waals surface area contributed by atoms with Gasteiger partial charge in [0, 0.05) is 16.6 Å². The summed E-state index contributed by atoms with van der Waals surface area (Å²) in [5.41, 5.74) is 1.22. The van der Waals surface area contributed by atoms with Crippen LogP contribution in [-0.2, 0) is 14.4 Å². The number of anilines is 2. The van der Waals surface area contributed by atoms with E-state index in [1.807, 2.05) is 20.8 Å². The van der Waals surface area contributed by atoms with Gasteiger partial charge < -0.3 is 30.1 Å². The summed E-state index contributed by atoms with van der Waals surface area (Å²) in [6.07, 6.45) is 2.13. The molecule has 3 aliphatic rings. The molecule has 7 atom stereocenters. The van der Waals surface area contributed by atoms with Crippen molar-refractivity contribution in [3.63, 3.8) is 0 Å². The lowest BCUT2D eigenvalue weighted by molar-refractivity contribution is -0.142. The van der Waals surface area contributed by atoms with E-state index in [9.17, 15) is 19.5 Å². The number of hydrogen-bond donors (Lipinski definition) is 3. The minimum absolute atomic E-state index is 0.0335. The SMILES string of the molecule is CCOc1ccc(NC(=O)[C@@H]2[C@@H]3CCC4(S3)C(C(=O)Nc3ccc(OC)cc3)N([C@@H](CO)[C@@H](C)CC)C(=O)[C@H]24)cc1. The van der Waals surface area contributed by atoms with E-state index in [0.29, 0.717) is 35.9 Å². The third-order valence-corrected chi connectivity index (χ3v) is 10.9. The Morgan fingerprint density at radius 1 is 1.05 bits per heavy atom. The normalized spacial score (nSPS) is 27.7. The first-order chi connectivity index (χ1) is 19.8. The molecule has 0 aromatic heterocycles. The monoisotopic (exact) mass is 581 g/mol. The summed E-state index contributed by atoms with van der Waals surface area (Å²) < 4.78 is 9.99. The summed E-state index contributed by atoms with van der Waals surface area (Å²) >= 11 is 1.61. The highest BCUT2D eigenvalue weighted by Gasteiger charge is 2.74. The van der Waals surface area contributed by atoms with E-state index in [0.717, 1.165) is 12.8 Å². The van der Waals surface area contributed by atoms with E-state index in [4.69, 9.17) is 9.47 Å². The number of fused-ring (bicyclic) bond motifs is 1. The summed E-state index contributed by atoms with van der Waals surface area (Å²) in [4.78, 5) is 43.8. The molecule has 3 aliphatic heterocycles. The van der Waals surface area contributed by atoms with Gasteiger partial charge in [-0.1, -0.05) is 20.3 Å². The van der Waals surface area contributed by atoms with Gasteiger partial charge in [0.1, 0.15) is 17.5 Å². The second kappa shape index (κ2) is 11.9. The number of hydrogen-bond acceptors (Lipinski definition) is 7. The van der Waals surface area contributed by atoms with Crippen molar-refractivity contribution in [3.8, 4) is 11.5 Å². The summed E-state index contributed by atoms with van der Waals surface area (Å²) in [5.74, 6) is -0.617. The molecular formula is C31H39N3O6S. The van der Waals surface area contributed by atoms with Gasteiger partial charge >= 0.3 is 0 Å². The molecule has 0 radical (unpaired) electrons. The maximum absolute atomic E-state index is 14.3. The number of ether oxygens (including phenoxy) is 2. The molecule has 2 aromatic carbocycles. The van der Waals surface area contributed by atoms with Gasteiger partial charge in [-0.25, -0.2) is 0 Å². The molecule has 0 saturated carbocycles. The highest BCUT2D eigenvalue weighted by molar-refractivity contribution is 8.02. The van der Waals surface area contributed by atoms with Crippen molar-refractivity contribution in [1.82, 2.24) is 4.90 Å². The first-order valence-corrected chi connectivity index (χ1v) is 15.2. The Morgan fingerprint density at radius 3 is 2.22 bits per heavy atom. The molecule has 10 heteroatoms. The number of aliphatic hydroxyl groups excluding tert-OH is 1. The van der Waals surface area contributed by atoms with Crippen molar-refractivity contribution in [2.24, 2.45) is 17.8 Å². The largest absolute Gasteiger partial charge is 0.497 e. The average Bonchev–Trinajstić information content (AvgIpc) is 3.62. The van der Waals surface area contributed by atoms with Gasteiger partial charge in [-0.15, -0.1) is 11.8 Å². The predicted octanol–water partition coefficient (Wildman–Crippen LogP) is 4.17. The lowest BCUT2D eigenvalue weighted by Crippen LogP contribution is -2.56. The number of thioether (sulfide) groups is 1. The van der Waals surface area contributed by atoms with Crippen LogP contribution in [0, 0.1) is 17.8 Å². The van der Waals surface area contributed by atoms with Gasteiger partial charge in [-0.2, -0.15) is 0 Å². The Bertz CT molecular complexity index is 1270. The minimum Gasteiger partial charge on any atom is -0.497 e. The summed E-state index contributed by atoms with van der Waals surface area (Å²) in [6.45, 7) is 6.19. The zero-order valence-corrected chi connectivity index (χ0v) is 24.8. The number of likely N-dealkylation sites (tertiary alicyclic amines) is 1. The number of methoxy groups -OCH3 is 1. The first-order valence-electron chi connectivity index (χ1n) is 14.4. The maximum atomic E-state index is 14.3. The summed E-state index contributed by atoms with van der Waals surface area (Å²) in [6, 6.07) is 12.9. The zero-order chi connectivity index (χ0) is 29.3. The van der Waals surface area contributed by atoms with Gasteiger partial charge in [-0.05, 0) is 74.2 Å². The van der Waals surface area contributed by atoms with Gasteiger partial charge in [-0.3, -0.25) is 14.4 Å². The van der Waals surface area contributed by atoms with Crippen LogP contribution in [0.25, 0.3) is 0 Å². The molecular weight excluding hydrogens is 542 g/mol. The quantitative estimate of drug-likeness (QED) is 0.365.